The molecule has 4 rings (SSSR count). The second-order valence-corrected chi connectivity index (χ2v) is 7.76. The Bertz CT molecular complexity index is 1010. The number of benzene rings is 2. The first kappa shape index (κ1) is 20.0. The van der Waals surface area contributed by atoms with Crippen molar-refractivity contribution in [2.45, 2.75) is 26.8 Å². The highest BCUT2D eigenvalue weighted by Gasteiger charge is 2.28. The number of carbonyl (C=O) groups is 1. The van der Waals surface area contributed by atoms with Crippen LogP contribution in [-0.4, -0.2) is 53.3 Å². The van der Waals surface area contributed by atoms with Gasteiger partial charge in [0.15, 0.2) is 0 Å². The normalized spacial score (nSPS) is 16.6. The predicted octanol–water partition coefficient (Wildman–Crippen LogP) is 4.13. The number of H-pyrrole nitrogens is 1. The average Bonchev–Trinajstić information content (AvgIpc) is 3.24. The van der Waals surface area contributed by atoms with Crippen molar-refractivity contribution in [1.29, 1.82) is 0 Å². The SMILES string of the molecule is CCOc1ccc(-c2cc(C(=O)N3CCN(c4cccc(C)c4)C(C)C3)[nH]n2)cc1. The molecule has 1 aliphatic heterocycles. The summed E-state index contributed by atoms with van der Waals surface area (Å²) in [7, 11) is 0. The lowest BCUT2D eigenvalue weighted by molar-refractivity contribution is 0.0720. The van der Waals surface area contributed by atoms with Gasteiger partial charge in [-0.2, -0.15) is 5.10 Å². The van der Waals surface area contributed by atoms with E-state index in [1.54, 1.807) is 0 Å². The Morgan fingerprint density at radius 3 is 2.67 bits per heavy atom. The number of aromatic nitrogens is 2. The highest BCUT2D eigenvalue weighted by Crippen LogP contribution is 2.24. The van der Waals surface area contributed by atoms with Gasteiger partial charge >= 0.3 is 0 Å². The third-order valence-electron chi connectivity index (χ3n) is 5.52. The molecule has 2 heterocycles. The maximum absolute atomic E-state index is 13.0. The van der Waals surface area contributed by atoms with E-state index in [9.17, 15) is 4.79 Å². The third-order valence-corrected chi connectivity index (χ3v) is 5.52. The molecule has 0 spiro atoms. The van der Waals surface area contributed by atoms with E-state index in [0.29, 0.717) is 25.4 Å². The summed E-state index contributed by atoms with van der Waals surface area (Å²) < 4.78 is 5.48. The van der Waals surface area contributed by atoms with Crippen molar-refractivity contribution >= 4 is 11.6 Å². The van der Waals surface area contributed by atoms with Gasteiger partial charge in [-0.1, -0.05) is 12.1 Å². The summed E-state index contributed by atoms with van der Waals surface area (Å²) in [6, 6.07) is 18.4. The Kier molecular flexibility index (Phi) is 5.74. The van der Waals surface area contributed by atoms with Crippen LogP contribution in [0.3, 0.4) is 0 Å². The van der Waals surface area contributed by atoms with Crippen molar-refractivity contribution < 1.29 is 9.53 Å². The van der Waals surface area contributed by atoms with Crippen LogP contribution in [-0.2, 0) is 0 Å². The molecule has 2 aromatic carbocycles. The number of hydrogen-bond donors (Lipinski definition) is 1. The zero-order valence-electron chi connectivity index (χ0n) is 17.8. The van der Waals surface area contributed by atoms with E-state index in [1.807, 2.05) is 42.2 Å². The van der Waals surface area contributed by atoms with Gasteiger partial charge in [-0.15, -0.1) is 0 Å². The van der Waals surface area contributed by atoms with Crippen LogP contribution in [0.1, 0.15) is 29.9 Å². The molecule has 1 saturated heterocycles. The first-order valence-electron chi connectivity index (χ1n) is 10.5. The lowest BCUT2D eigenvalue weighted by Crippen LogP contribution is -2.53. The number of amides is 1. The number of aromatic amines is 1. The van der Waals surface area contributed by atoms with Crippen LogP contribution in [0.2, 0.25) is 0 Å². The van der Waals surface area contributed by atoms with Crippen LogP contribution in [0.25, 0.3) is 11.3 Å². The number of piperazine rings is 1. The highest BCUT2D eigenvalue weighted by atomic mass is 16.5. The first-order chi connectivity index (χ1) is 14.5. The average molecular weight is 405 g/mol. The van der Waals surface area contributed by atoms with Crippen molar-refractivity contribution in [2.24, 2.45) is 0 Å². The zero-order chi connectivity index (χ0) is 21.1. The van der Waals surface area contributed by atoms with Crippen molar-refractivity contribution in [3.8, 4) is 17.0 Å². The van der Waals surface area contributed by atoms with Crippen molar-refractivity contribution in [3.05, 3.63) is 65.9 Å². The number of hydrogen-bond acceptors (Lipinski definition) is 4. The largest absolute Gasteiger partial charge is 0.494 e. The third kappa shape index (κ3) is 4.17. The fourth-order valence-electron chi connectivity index (χ4n) is 3.97. The van der Waals surface area contributed by atoms with Gasteiger partial charge in [0.25, 0.3) is 5.91 Å². The first-order valence-corrected chi connectivity index (χ1v) is 10.5. The number of nitrogens with one attached hydrogen (secondary N) is 1. The van der Waals surface area contributed by atoms with E-state index in [1.165, 1.54) is 11.3 Å². The quantitative estimate of drug-likeness (QED) is 0.694. The number of nitrogens with zero attached hydrogens (tertiary/aromatic N) is 3. The molecule has 6 heteroatoms. The van der Waals surface area contributed by atoms with Gasteiger partial charge in [0, 0.05) is 36.9 Å². The molecule has 30 heavy (non-hydrogen) atoms. The van der Waals surface area contributed by atoms with E-state index in [0.717, 1.165) is 23.6 Å². The standard InChI is InChI=1S/C24H28N4O2/c1-4-30-21-10-8-19(9-11-21)22-15-23(26-25-22)24(29)27-12-13-28(18(3)16-27)20-7-5-6-17(2)14-20/h5-11,14-15,18H,4,12-13,16H2,1-3H3,(H,25,26). The minimum Gasteiger partial charge on any atom is -0.494 e. The van der Waals surface area contributed by atoms with Crippen LogP contribution < -0.4 is 9.64 Å². The molecule has 3 aromatic rings. The van der Waals surface area contributed by atoms with Gasteiger partial charge in [-0.25, -0.2) is 0 Å². The molecular formula is C24H28N4O2. The monoisotopic (exact) mass is 404 g/mol. The molecule has 1 fully saturated rings. The lowest BCUT2D eigenvalue weighted by Gasteiger charge is -2.41. The summed E-state index contributed by atoms with van der Waals surface area (Å²) in [5.41, 5.74) is 4.70. The van der Waals surface area contributed by atoms with Gasteiger partial charge in [0.2, 0.25) is 0 Å². The van der Waals surface area contributed by atoms with Crippen molar-refractivity contribution in [2.75, 3.05) is 31.1 Å². The maximum atomic E-state index is 13.0. The molecule has 0 saturated carbocycles. The Hall–Kier alpha value is -3.28. The molecule has 0 radical (unpaired) electrons. The molecule has 0 aliphatic carbocycles. The summed E-state index contributed by atoms with van der Waals surface area (Å²) in [4.78, 5) is 17.3. The summed E-state index contributed by atoms with van der Waals surface area (Å²) >= 11 is 0. The summed E-state index contributed by atoms with van der Waals surface area (Å²) in [6.07, 6.45) is 0. The fourth-order valence-corrected chi connectivity index (χ4v) is 3.97. The Morgan fingerprint density at radius 2 is 1.97 bits per heavy atom. The van der Waals surface area contributed by atoms with Gasteiger partial charge in [-0.3, -0.25) is 9.89 Å². The molecule has 1 atom stereocenters. The molecule has 1 N–H and O–H groups in total. The van der Waals surface area contributed by atoms with Crippen molar-refractivity contribution in [1.82, 2.24) is 15.1 Å². The van der Waals surface area contributed by atoms with E-state index in [2.05, 4.69) is 53.2 Å². The number of anilines is 1. The van der Waals surface area contributed by atoms with Crippen LogP contribution in [0, 0.1) is 6.92 Å². The predicted molar refractivity (Wildman–Crippen MR) is 119 cm³/mol. The zero-order valence-corrected chi connectivity index (χ0v) is 17.8. The van der Waals surface area contributed by atoms with Gasteiger partial charge in [0.05, 0.1) is 12.3 Å². The van der Waals surface area contributed by atoms with Gasteiger partial charge in [-0.05, 0) is 68.8 Å². The highest BCUT2D eigenvalue weighted by molar-refractivity contribution is 5.93. The van der Waals surface area contributed by atoms with E-state index in [4.69, 9.17) is 4.74 Å². The minimum atomic E-state index is -0.00423. The van der Waals surface area contributed by atoms with Crippen molar-refractivity contribution in [3.63, 3.8) is 0 Å². The van der Waals surface area contributed by atoms with Crippen LogP contribution in [0.5, 0.6) is 5.75 Å². The minimum absolute atomic E-state index is 0.00423. The lowest BCUT2D eigenvalue weighted by atomic mass is 10.1. The molecule has 1 amide bonds. The smallest absolute Gasteiger partial charge is 0.272 e. The molecule has 0 bridgehead atoms. The van der Waals surface area contributed by atoms with E-state index >= 15 is 0 Å². The molecule has 1 unspecified atom stereocenters. The number of ether oxygens (including phenoxy) is 1. The van der Waals surface area contributed by atoms with Gasteiger partial charge in [0.1, 0.15) is 11.4 Å². The Labute approximate surface area is 177 Å². The molecule has 1 aromatic heterocycles. The summed E-state index contributed by atoms with van der Waals surface area (Å²) in [5, 5.41) is 7.27. The van der Waals surface area contributed by atoms with Gasteiger partial charge < -0.3 is 14.5 Å². The fraction of sp³-hybridized carbons (Fsp3) is 0.333. The van der Waals surface area contributed by atoms with E-state index < -0.39 is 0 Å². The summed E-state index contributed by atoms with van der Waals surface area (Å²) in [5.74, 6) is 0.823. The number of rotatable bonds is 5. The number of aryl methyl sites for hydroxylation is 1. The summed E-state index contributed by atoms with van der Waals surface area (Å²) in [6.45, 7) is 9.06. The van der Waals surface area contributed by atoms with Crippen LogP contribution >= 0.6 is 0 Å². The Balaban J connectivity index is 1.43. The second kappa shape index (κ2) is 8.61. The molecule has 156 valence electrons. The molecule has 6 nitrogen and oxygen atoms in total. The second-order valence-electron chi connectivity index (χ2n) is 7.76. The molecule has 1 aliphatic rings. The maximum Gasteiger partial charge on any atom is 0.272 e. The molecular weight excluding hydrogens is 376 g/mol. The topological polar surface area (TPSA) is 61.5 Å². The Morgan fingerprint density at radius 1 is 1.17 bits per heavy atom. The number of carbonyl (C=O) groups excluding carboxylic acids is 1. The van der Waals surface area contributed by atoms with Crippen LogP contribution in [0.15, 0.2) is 54.6 Å². The van der Waals surface area contributed by atoms with Crippen LogP contribution in [0.4, 0.5) is 5.69 Å². The van der Waals surface area contributed by atoms with E-state index in [-0.39, 0.29) is 11.9 Å².